The zero-order chi connectivity index (χ0) is 15.3. The molecule has 0 spiro atoms. The molecule has 0 amide bonds. The molecule has 0 saturated heterocycles. The Hall–Kier alpha value is -1.36. The van der Waals surface area contributed by atoms with E-state index in [9.17, 15) is 27.2 Å². The van der Waals surface area contributed by atoms with Crippen LogP contribution >= 0.6 is 10.9 Å². The topological polar surface area (TPSA) is 135 Å². The summed E-state index contributed by atoms with van der Waals surface area (Å²) in [6.45, 7) is 1.38. The molecule has 0 aliphatic heterocycles. The predicted molar refractivity (Wildman–Crippen MR) is 73.9 cm³/mol. The molecule has 20 heavy (non-hydrogen) atoms. The maximum atomic E-state index is 11.1. The Morgan fingerprint density at radius 1 is 1.00 bits per heavy atom. The number of phenolic OH excluding ortho intramolecular Hbond substituents is 1. The summed E-state index contributed by atoms with van der Waals surface area (Å²) in [7, 11) is -8.50. The highest BCUT2D eigenvalue weighted by Gasteiger charge is 2.23. The molecule has 2 aromatic rings. The van der Waals surface area contributed by atoms with E-state index in [2.05, 4.69) is 0 Å². The molecule has 9 heteroatoms. The smallest absolute Gasteiger partial charge is 0.294 e. The van der Waals surface area contributed by atoms with Crippen LogP contribution in [0.15, 0.2) is 34.1 Å². The molecule has 0 radical (unpaired) electrons. The van der Waals surface area contributed by atoms with E-state index in [0.717, 1.165) is 18.2 Å². The van der Waals surface area contributed by atoms with Crippen LogP contribution in [0.1, 0.15) is 5.56 Å². The minimum Gasteiger partial charge on any atom is -0.507 e. The lowest BCUT2D eigenvalue weighted by Gasteiger charge is -2.22. The van der Waals surface area contributed by atoms with Crippen molar-refractivity contribution in [2.75, 3.05) is 0 Å². The van der Waals surface area contributed by atoms with Crippen LogP contribution in [0.5, 0.6) is 5.75 Å². The molecule has 2 aromatic carbocycles. The highest BCUT2D eigenvalue weighted by atomic mass is 32.3. The third-order valence-electron chi connectivity index (χ3n) is 2.88. The van der Waals surface area contributed by atoms with Gasteiger partial charge in [0.25, 0.3) is 10.1 Å². The fourth-order valence-electron chi connectivity index (χ4n) is 1.89. The van der Waals surface area contributed by atoms with Gasteiger partial charge >= 0.3 is 0 Å². The second kappa shape index (κ2) is 4.58. The molecule has 0 aliphatic carbocycles. The van der Waals surface area contributed by atoms with Gasteiger partial charge < -0.3 is 18.8 Å². The number of rotatable bonds is 2. The van der Waals surface area contributed by atoms with Gasteiger partial charge in [-0.15, -0.1) is 0 Å². The molecule has 0 heterocycles. The van der Waals surface area contributed by atoms with Crippen molar-refractivity contribution in [2.24, 2.45) is 0 Å². The minimum absolute atomic E-state index is 0.0691. The zero-order valence-electron chi connectivity index (χ0n) is 10.2. The van der Waals surface area contributed by atoms with Gasteiger partial charge in [0.1, 0.15) is 16.6 Å². The first-order valence-electron chi connectivity index (χ1n) is 5.26. The van der Waals surface area contributed by atoms with Crippen molar-refractivity contribution in [2.45, 2.75) is 16.7 Å². The largest absolute Gasteiger partial charge is 0.507 e. The standard InChI is InChI=1S/C11H12O7S2/c1-6-10(20(16,17)18)5-7-4-8(19(13,14)15)2-3-9(7)11(6)12/h2-5,12,16-18H,1H3,(H,13,14,15). The Kier molecular flexibility index (Phi) is 3.45. The molecule has 0 saturated carbocycles. The van der Waals surface area contributed by atoms with E-state index in [0.29, 0.717) is 0 Å². The fraction of sp³-hybridized carbons (Fsp3) is 0.0909. The lowest BCUT2D eigenvalue weighted by Crippen LogP contribution is -2.01. The Balaban J connectivity index is 2.86. The van der Waals surface area contributed by atoms with Crippen molar-refractivity contribution < 1.29 is 31.7 Å². The minimum atomic E-state index is -4.43. The lowest BCUT2D eigenvalue weighted by molar-refractivity contribution is 0.374. The molecule has 2 rings (SSSR count). The van der Waals surface area contributed by atoms with Gasteiger partial charge in [-0.05, 0) is 36.6 Å². The van der Waals surface area contributed by atoms with Gasteiger partial charge in [0.05, 0.1) is 9.79 Å². The Bertz CT molecular complexity index is 791. The maximum absolute atomic E-state index is 11.1. The van der Waals surface area contributed by atoms with Crippen LogP contribution in [0.3, 0.4) is 0 Å². The van der Waals surface area contributed by atoms with Gasteiger partial charge in [-0.2, -0.15) is 8.42 Å². The number of fused-ring (bicyclic) bond motifs is 1. The average Bonchev–Trinajstić information content (AvgIpc) is 2.30. The van der Waals surface area contributed by atoms with E-state index in [4.69, 9.17) is 4.55 Å². The zero-order valence-corrected chi connectivity index (χ0v) is 11.8. The van der Waals surface area contributed by atoms with E-state index < -0.39 is 25.9 Å². The van der Waals surface area contributed by atoms with Crippen LogP contribution in [-0.4, -0.2) is 31.7 Å². The third kappa shape index (κ3) is 2.59. The SMILES string of the molecule is Cc1c(S(O)(O)O)cc2cc(S(=O)(=O)O)ccc2c1O. The van der Waals surface area contributed by atoms with Gasteiger partial charge in [-0.1, -0.05) is 0 Å². The Morgan fingerprint density at radius 2 is 1.60 bits per heavy atom. The molecular formula is C11H12O7S2. The van der Waals surface area contributed by atoms with Crippen LogP contribution in [0.25, 0.3) is 10.8 Å². The van der Waals surface area contributed by atoms with Crippen LogP contribution < -0.4 is 0 Å². The Morgan fingerprint density at radius 3 is 2.10 bits per heavy atom. The first-order valence-corrected chi connectivity index (χ1v) is 8.20. The van der Waals surface area contributed by atoms with E-state index in [1.54, 1.807) is 0 Å². The number of benzene rings is 2. The predicted octanol–water partition coefficient (Wildman–Crippen LogP) is 2.68. The Labute approximate surface area is 116 Å². The quantitative estimate of drug-likeness (QED) is 0.537. The summed E-state index contributed by atoms with van der Waals surface area (Å²) in [4.78, 5) is -0.719. The average molecular weight is 320 g/mol. The van der Waals surface area contributed by atoms with E-state index in [1.807, 2.05) is 0 Å². The summed E-state index contributed by atoms with van der Waals surface area (Å²) in [6, 6.07) is 4.58. The molecule has 0 unspecified atom stereocenters. The molecule has 0 atom stereocenters. The molecular weight excluding hydrogens is 308 g/mol. The van der Waals surface area contributed by atoms with E-state index in [-0.39, 0.29) is 27.0 Å². The van der Waals surface area contributed by atoms with Gasteiger partial charge in [-0.3, -0.25) is 4.55 Å². The van der Waals surface area contributed by atoms with Crippen molar-refractivity contribution in [1.82, 2.24) is 0 Å². The highest BCUT2D eigenvalue weighted by Crippen LogP contribution is 2.49. The molecule has 0 aromatic heterocycles. The van der Waals surface area contributed by atoms with Crippen LogP contribution in [0.4, 0.5) is 0 Å². The highest BCUT2D eigenvalue weighted by molar-refractivity contribution is 8.19. The van der Waals surface area contributed by atoms with E-state index >= 15 is 0 Å². The number of hydrogen-bond acceptors (Lipinski definition) is 6. The van der Waals surface area contributed by atoms with Gasteiger partial charge in [0, 0.05) is 10.9 Å². The lowest BCUT2D eigenvalue weighted by atomic mass is 10.1. The number of aromatic hydroxyl groups is 1. The van der Waals surface area contributed by atoms with Gasteiger partial charge in [0.15, 0.2) is 0 Å². The number of phenols is 1. The summed E-state index contributed by atoms with van der Waals surface area (Å²) in [5.74, 6) is -0.312. The van der Waals surface area contributed by atoms with Crippen molar-refractivity contribution in [1.29, 1.82) is 0 Å². The van der Waals surface area contributed by atoms with Crippen LogP contribution in [0, 0.1) is 6.92 Å². The second-order valence-electron chi connectivity index (χ2n) is 4.23. The molecule has 0 bridgehead atoms. The van der Waals surface area contributed by atoms with Crippen molar-refractivity contribution >= 4 is 31.8 Å². The molecule has 7 nitrogen and oxygen atoms in total. The second-order valence-corrected chi connectivity index (χ2v) is 7.12. The third-order valence-corrected chi connectivity index (χ3v) is 4.75. The normalized spacial score (nSPS) is 13.7. The summed E-state index contributed by atoms with van der Waals surface area (Å²) in [5, 5.41) is 10.3. The van der Waals surface area contributed by atoms with Gasteiger partial charge in [-0.25, -0.2) is 0 Å². The maximum Gasteiger partial charge on any atom is 0.294 e. The van der Waals surface area contributed by atoms with Crippen molar-refractivity contribution in [3.05, 3.63) is 29.8 Å². The van der Waals surface area contributed by atoms with E-state index in [1.165, 1.54) is 13.0 Å². The molecule has 110 valence electrons. The van der Waals surface area contributed by atoms with Crippen LogP contribution in [0.2, 0.25) is 0 Å². The summed E-state index contributed by atoms with van der Waals surface area (Å²) >= 11 is 0. The first kappa shape index (κ1) is 15.0. The molecule has 0 aliphatic rings. The molecule has 5 N–H and O–H groups in total. The summed E-state index contributed by atoms with van der Waals surface area (Å²) in [6.07, 6.45) is 0. The monoisotopic (exact) mass is 320 g/mol. The van der Waals surface area contributed by atoms with Gasteiger partial charge in [0.2, 0.25) is 0 Å². The fourth-order valence-corrected chi connectivity index (χ4v) is 3.20. The van der Waals surface area contributed by atoms with Crippen LogP contribution in [-0.2, 0) is 10.1 Å². The van der Waals surface area contributed by atoms with Crippen molar-refractivity contribution in [3.8, 4) is 5.75 Å². The first-order chi connectivity index (χ1) is 9.01. The summed E-state index contributed by atoms with van der Waals surface area (Å²) < 4.78 is 59.0. The molecule has 0 fully saturated rings. The summed E-state index contributed by atoms with van der Waals surface area (Å²) in [5.41, 5.74) is 0.0691. The number of hydrogen-bond donors (Lipinski definition) is 5. The van der Waals surface area contributed by atoms with Crippen molar-refractivity contribution in [3.63, 3.8) is 0 Å².